The van der Waals surface area contributed by atoms with Gasteiger partial charge in [0.05, 0.1) is 5.69 Å². The minimum Gasteiger partial charge on any atom is -0.355 e. The molecular formula is C21H25N3O2. The first kappa shape index (κ1) is 20.8. The standard InChI is InChI=1S/C11H11N3O.C9H12.CH2O/c1-14-7-5-9(8-14)13-11(15)10-4-2-3-6-12-10;1-7-4-5-8(2)9(3)6-7;1-2/h2-8H,1H3,(H,13,15);4-6H,1-3H3;1H2. The number of nitrogens with one attached hydrogen (secondary N) is 1. The number of hydrogen-bond donors (Lipinski definition) is 1. The van der Waals surface area contributed by atoms with Crippen LogP contribution in [0.2, 0.25) is 0 Å². The third-order valence-electron chi connectivity index (χ3n) is 3.65. The van der Waals surface area contributed by atoms with E-state index in [1.165, 1.54) is 16.7 Å². The van der Waals surface area contributed by atoms with Crippen LogP contribution in [0.3, 0.4) is 0 Å². The van der Waals surface area contributed by atoms with Crippen molar-refractivity contribution in [1.29, 1.82) is 0 Å². The molecule has 0 saturated carbocycles. The predicted octanol–water partition coefficient (Wildman–Crippen LogP) is 4.10. The quantitative estimate of drug-likeness (QED) is 0.756. The van der Waals surface area contributed by atoms with Gasteiger partial charge in [0.1, 0.15) is 12.5 Å². The molecule has 2 aromatic heterocycles. The number of hydrogen-bond acceptors (Lipinski definition) is 3. The van der Waals surface area contributed by atoms with E-state index in [-0.39, 0.29) is 5.91 Å². The normalized spacial score (nSPS) is 9.23. The topological polar surface area (TPSA) is 64.0 Å². The zero-order valence-corrected chi connectivity index (χ0v) is 15.7. The molecule has 3 rings (SSSR count). The summed E-state index contributed by atoms with van der Waals surface area (Å²) >= 11 is 0. The molecule has 0 spiro atoms. The van der Waals surface area contributed by atoms with Gasteiger partial charge in [0.25, 0.3) is 5.91 Å². The minimum atomic E-state index is -0.193. The number of carbonyl (C=O) groups is 2. The Balaban J connectivity index is 0.000000263. The van der Waals surface area contributed by atoms with Crippen LogP contribution in [0.1, 0.15) is 27.2 Å². The number of aromatic nitrogens is 2. The van der Waals surface area contributed by atoms with Gasteiger partial charge in [-0.15, -0.1) is 0 Å². The molecule has 1 N–H and O–H groups in total. The third kappa shape index (κ3) is 6.73. The molecule has 1 aromatic carbocycles. The van der Waals surface area contributed by atoms with E-state index in [0.717, 1.165) is 5.69 Å². The predicted molar refractivity (Wildman–Crippen MR) is 105 cm³/mol. The van der Waals surface area contributed by atoms with Crippen LogP contribution in [0.5, 0.6) is 0 Å². The Hall–Kier alpha value is -3.21. The lowest BCUT2D eigenvalue weighted by molar-refractivity contribution is -0.0980. The fourth-order valence-electron chi connectivity index (χ4n) is 2.16. The van der Waals surface area contributed by atoms with E-state index in [4.69, 9.17) is 4.79 Å². The van der Waals surface area contributed by atoms with Gasteiger partial charge in [0.2, 0.25) is 0 Å². The Morgan fingerprint density at radius 3 is 2.27 bits per heavy atom. The summed E-state index contributed by atoms with van der Waals surface area (Å²) in [5, 5.41) is 2.76. The first-order valence-corrected chi connectivity index (χ1v) is 8.13. The molecule has 0 radical (unpaired) electrons. The van der Waals surface area contributed by atoms with Crippen LogP contribution in [-0.4, -0.2) is 22.2 Å². The summed E-state index contributed by atoms with van der Waals surface area (Å²) in [6, 6.07) is 13.6. The van der Waals surface area contributed by atoms with Crippen molar-refractivity contribution in [1.82, 2.24) is 9.55 Å². The number of pyridine rings is 1. The third-order valence-corrected chi connectivity index (χ3v) is 3.65. The molecule has 5 heteroatoms. The molecule has 0 atom stereocenters. The lowest BCUT2D eigenvalue weighted by Gasteiger charge is -2.00. The van der Waals surface area contributed by atoms with E-state index < -0.39 is 0 Å². The zero-order chi connectivity index (χ0) is 19.5. The van der Waals surface area contributed by atoms with Crippen LogP contribution in [0, 0.1) is 20.8 Å². The highest BCUT2D eigenvalue weighted by Gasteiger charge is 2.06. The SMILES string of the molecule is C=O.Cc1ccc(C)c(C)c1.Cn1ccc(NC(=O)c2ccccn2)c1. The van der Waals surface area contributed by atoms with Gasteiger partial charge in [0, 0.05) is 25.6 Å². The summed E-state index contributed by atoms with van der Waals surface area (Å²) in [5.41, 5.74) is 5.29. The van der Waals surface area contributed by atoms with Crippen molar-refractivity contribution in [3.63, 3.8) is 0 Å². The fraction of sp³-hybridized carbons (Fsp3) is 0.190. The van der Waals surface area contributed by atoms with Gasteiger partial charge in [0.15, 0.2) is 0 Å². The van der Waals surface area contributed by atoms with Crippen LogP contribution in [0.15, 0.2) is 61.1 Å². The average Bonchev–Trinajstić information content (AvgIpc) is 3.06. The number of amides is 1. The highest BCUT2D eigenvalue weighted by atomic mass is 16.1. The molecule has 26 heavy (non-hydrogen) atoms. The maximum Gasteiger partial charge on any atom is 0.274 e. The second-order valence-electron chi connectivity index (χ2n) is 5.82. The van der Waals surface area contributed by atoms with Crippen molar-refractivity contribution in [3.05, 3.63) is 83.4 Å². The number of rotatable bonds is 2. The maximum atomic E-state index is 11.6. The van der Waals surface area contributed by atoms with E-state index in [1.54, 1.807) is 24.4 Å². The molecule has 5 nitrogen and oxygen atoms in total. The van der Waals surface area contributed by atoms with Crippen molar-refractivity contribution in [3.8, 4) is 0 Å². The van der Waals surface area contributed by atoms with Gasteiger partial charge < -0.3 is 14.7 Å². The van der Waals surface area contributed by atoms with E-state index in [2.05, 4.69) is 49.3 Å². The Labute approximate surface area is 154 Å². The molecule has 0 aliphatic rings. The van der Waals surface area contributed by atoms with Crippen LogP contribution < -0.4 is 5.32 Å². The molecule has 0 unspecified atom stereocenters. The first-order chi connectivity index (χ1) is 12.5. The lowest BCUT2D eigenvalue weighted by Crippen LogP contribution is -2.12. The average molecular weight is 351 g/mol. The van der Waals surface area contributed by atoms with Gasteiger partial charge >= 0.3 is 0 Å². The number of benzene rings is 1. The number of aryl methyl sites for hydroxylation is 4. The molecule has 0 saturated heterocycles. The van der Waals surface area contributed by atoms with Crippen molar-refractivity contribution in [2.24, 2.45) is 7.05 Å². The summed E-state index contributed by atoms with van der Waals surface area (Å²) < 4.78 is 1.87. The minimum absolute atomic E-state index is 0.193. The van der Waals surface area contributed by atoms with Crippen molar-refractivity contribution >= 4 is 18.4 Å². The smallest absolute Gasteiger partial charge is 0.274 e. The number of nitrogens with zero attached hydrogens (tertiary/aromatic N) is 2. The van der Waals surface area contributed by atoms with Crippen molar-refractivity contribution in [2.75, 3.05) is 5.32 Å². The van der Waals surface area contributed by atoms with Gasteiger partial charge in [-0.3, -0.25) is 9.78 Å². The van der Waals surface area contributed by atoms with Gasteiger partial charge in [-0.1, -0.05) is 29.8 Å². The van der Waals surface area contributed by atoms with Crippen LogP contribution in [0.4, 0.5) is 5.69 Å². The summed E-state index contributed by atoms with van der Waals surface area (Å²) in [4.78, 5) is 23.6. The zero-order valence-electron chi connectivity index (χ0n) is 15.7. The molecule has 0 bridgehead atoms. The monoisotopic (exact) mass is 351 g/mol. The fourth-order valence-corrected chi connectivity index (χ4v) is 2.16. The summed E-state index contributed by atoms with van der Waals surface area (Å²) in [5.74, 6) is -0.193. The summed E-state index contributed by atoms with van der Waals surface area (Å²) in [7, 11) is 1.90. The Kier molecular flexibility index (Phi) is 8.50. The molecule has 0 aliphatic carbocycles. The van der Waals surface area contributed by atoms with Crippen molar-refractivity contribution < 1.29 is 9.59 Å². The lowest BCUT2D eigenvalue weighted by atomic mass is 10.1. The van der Waals surface area contributed by atoms with E-state index in [1.807, 2.05) is 36.9 Å². The number of anilines is 1. The van der Waals surface area contributed by atoms with Gasteiger partial charge in [-0.05, 0) is 50.1 Å². The van der Waals surface area contributed by atoms with Crippen LogP contribution >= 0.6 is 0 Å². The van der Waals surface area contributed by atoms with Gasteiger partial charge in [-0.2, -0.15) is 0 Å². The molecule has 0 fully saturated rings. The van der Waals surface area contributed by atoms with Crippen molar-refractivity contribution in [2.45, 2.75) is 20.8 Å². The highest BCUT2D eigenvalue weighted by molar-refractivity contribution is 6.02. The second kappa shape index (κ2) is 10.6. The first-order valence-electron chi connectivity index (χ1n) is 8.13. The molecule has 136 valence electrons. The Morgan fingerprint density at radius 1 is 1.04 bits per heavy atom. The number of carbonyl (C=O) groups excluding carboxylic acids is 2. The second-order valence-corrected chi connectivity index (χ2v) is 5.82. The Morgan fingerprint density at radius 2 is 1.77 bits per heavy atom. The van der Waals surface area contributed by atoms with E-state index in [9.17, 15) is 4.79 Å². The molecule has 3 aromatic rings. The summed E-state index contributed by atoms with van der Waals surface area (Å²) in [6.45, 7) is 8.39. The Bertz CT molecular complexity index is 826. The highest BCUT2D eigenvalue weighted by Crippen LogP contribution is 2.08. The van der Waals surface area contributed by atoms with Crippen LogP contribution in [0.25, 0.3) is 0 Å². The van der Waals surface area contributed by atoms with Crippen LogP contribution in [-0.2, 0) is 11.8 Å². The molecular weight excluding hydrogens is 326 g/mol. The maximum absolute atomic E-state index is 11.6. The molecule has 0 aliphatic heterocycles. The van der Waals surface area contributed by atoms with E-state index >= 15 is 0 Å². The largest absolute Gasteiger partial charge is 0.355 e. The molecule has 2 heterocycles. The molecule has 1 amide bonds. The van der Waals surface area contributed by atoms with Gasteiger partial charge in [-0.25, -0.2) is 0 Å². The summed E-state index contributed by atoms with van der Waals surface area (Å²) in [6.07, 6.45) is 5.30. The van der Waals surface area contributed by atoms with E-state index in [0.29, 0.717) is 5.69 Å².